The molecule has 0 rings (SSSR count). The van der Waals surface area contributed by atoms with Crippen molar-refractivity contribution >= 4 is 7.82 Å². The molecule has 0 unspecified atom stereocenters. The highest BCUT2D eigenvalue weighted by Crippen LogP contribution is 2.38. The van der Waals surface area contributed by atoms with Crippen LogP contribution in [0.25, 0.3) is 0 Å². The minimum atomic E-state index is -4.47. The zero-order chi connectivity index (χ0) is 9.61. The lowest BCUT2D eigenvalue weighted by atomic mass is 10.2. The van der Waals surface area contributed by atoms with Crippen molar-refractivity contribution in [2.75, 3.05) is 0 Å². The molecule has 0 aromatic rings. The van der Waals surface area contributed by atoms with E-state index in [0.29, 0.717) is 0 Å². The molecule has 66 valence electrons. The Hall–Kier alpha value is -0.770. The largest absolute Gasteiger partial charge is 0.469 e. The van der Waals surface area contributed by atoms with Gasteiger partial charge in [0.2, 0.25) is 0 Å². The Kier molecular flexibility index (Phi) is 4.66. The van der Waals surface area contributed by atoms with Crippen LogP contribution in [0.1, 0.15) is 12.8 Å². The molecule has 0 atom stereocenters. The van der Waals surface area contributed by atoms with Crippen LogP contribution in [0, 0.1) is 24.7 Å². The molecular formula is C7H9O4P. The number of phosphoric acid groups is 1. The molecule has 0 aromatic heterocycles. The molecular weight excluding hydrogens is 179 g/mol. The third-order valence-electron chi connectivity index (χ3n) is 0.977. The number of rotatable bonds is 4. The Bertz CT molecular complexity index is 238. The maximum atomic E-state index is 10.3. The summed E-state index contributed by atoms with van der Waals surface area (Å²) in [5, 5.41) is 0. The van der Waals surface area contributed by atoms with Crippen molar-refractivity contribution in [3.63, 3.8) is 0 Å². The van der Waals surface area contributed by atoms with Gasteiger partial charge in [-0.05, 0) is 0 Å². The molecule has 0 saturated carbocycles. The summed E-state index contributed by atoms with van der Waals surface area (Å²) in [6, 6.07) is 0. The second-order valence-corrected chi connectivity index (χ2v) is 3.23. The van der Waals surface area contributed by atoms with Crippen molar-refractivity contribution in [1.29, 1.82) is 0 Å². The van der Waals surface area contributed by atoms with E-state index in [1.54, 1.807) is 0 Å². The molecule has 0 heterocycles. The summed E-state index contributed by atoms with van der Waals surface area (Å²) in [6.45, 7) is 0. The van der Waals surface area contributed by atoms with Crippen LogP contribution < -0.4 is 0 Å². The lowest BCUT2D eigenvalue weighted by Gasteiger charge is -2.12. The van der Waals surface area contributed by atoms with Gasteiger partial charge >= 0.3 is 7.82 Å². The molecule has 0 spiro atoms. The van der Waals surface area contributed by atoms with E-state index in [0.717, 1.165) is 0 Å². The predicted molar refractivity (Wildman–Crippen MR) is 43.8 cm³/mol. The van der Waals surface area contributed by atoms with Gasteiger partial charge in [0.1, 0.15) is 0 Å². The van der Waals surface area contributed by atoms with Crippen LogP contribution in [0.5, 0.6) is 0 Å². The maximum absolute atomic E-state index is 10.3. The van der Waals surface area contributed by atoms with E-state index in [-0.39, 0.29) is 12.8 Å². The molecule has 0 amide bonds. The lowest BCUT2D eigenvalue weighted by Crippen LogP contribution is -2.09. The molecule has 0 bridgehead atoms. The van der Waals surface area contributed by atoms with Crippen molar-refractivity contribution in [1.82, 2.24) is 0 Å². The molecule has 4 nitrogen and oxygen atoms in total. The third-order valence-corrected chi connectivity index (χ3v) is 1.55. The first-order valence-corrected chi connectivity index (χ1v) is 4.63. The zero-order valence-corrected chi connectivity index (χ0v) is 7.20. The predicted octanol–water partition coefficient (Wildman–Crippen LogP) is 0.511. The molecule has 5 heteroatoms. The maximum Gasteiger partial charge on any atom is 0.469 e. The highest BCUT2D eigenvalue weighted by molar-refractivity contribution is 7.46. The van der Waals surface area contributed by atoms with Crippen molar-refractivity contribution in [3.05, 3.63) is 0 Å². The molecule has 2 N–H and O–H groups in total. The summed E-state index contributed by atoms with van der Waals surface area (Å²) in [5.41, 5.74) is 0. The molecule has 0 fully saturated rings. The van der Waals surface area contributed by atoms with E-state index in [9.17, 15) is 4.57 Å². The normalized spacial score (nSPS) is 10.8. The van der Waals surface area contributed by atoms with Crippen LogP contribution in [-0.4, -0.2) is 15.9 Å². The standard InChI is InChI=1S/C7H9O4P/c1-3-5-7(6-4-2)11-12(8,9)10/h1-2,7H,5-6H2,(H2,8,9,10). The summed E-state index contributed by atoms with van der Waals surface area (Å²) >= 11 is 0. The van der Waals surface area contributed by atoms with Crippen LogP contribution in [0.2, 0.25) is 0 Å². The van der Waals surface area contributed by atoms with Crippen LogP contribution in [0.15, 0.2) is 0 Å². The summed E-state index contributed by atoms with van der Waals surface area (Å²) in [4.78, 5) is 16.8. The molecule has 0 radical (unpaired) electrons. The van der Waals surface area contributed by atoms with Gasteiger partial charge < -0.3 is 9.79 Å². The first-order chi connectivity index (χ1) is 5.49. The second kappa shape index (κ2) is 4.98. The summed E-state index contributed by atoms with van der Waals surface area (Å²) < 4.78 is 14.6. The fourth-order valence-corrected chi connectivity index (χ4v) is 1.14. The molecule has 0 saturated heterocycles. The van der Waals surface area contributed by atoms with Crippen LogP contribution in [0.3, 0.4) is 0 Å². The van der Waals surface area contributed by atoms with Crippen molar-refractivity contribution in [2.45, 2.75) is 18.9 Å². The Balaban J connectivity index is 4.08. The first-order valence-electron chi connectivity index (χ1n) is 3.10. The summed E-state index contributed by atoms with van der Waals surface area (Å²) in [7, 11) is -4.47. The zero-order valence-electron chi connectivity index (χ0n) is 6.30. The third kappa shape index (κ3) is 5.97. The van der Waals surface area contributed by atoms with Gasteiger partial charge in [0.25, 0.3) is 0 Å². The fraction of sp³-hybridized carbons (Fsp3) is 0.429. The average molecular weight is 188 g/mol. The van der Waals surface area contributed by atoms with Crippen molar-refractivity contribution in [2.24, 2.45) is 0 Å². The van der Waals surface area contributed by atoms with Gasteiger partial charge in [0.05, 0.1) is 6.10 Å². The van der Waals surface area contributed by atoms with Gasteiger partial charge in [-0.25, -0.2) is 4.57 Å². The summed E-state index contributed by atoms with van der Waals surface area (Å²) in [5.74, 6) is 4.42. The topological polar surface area (TPSA) is 66.8 Å². The number of terminal acetylenes is 2. The van der Waals surface area contributed by atoms with Gasteiger partial charge in [0, 0.05) is 12.8 Å². The highest BCUT2D eigenvalue weighted by Gasteiger charge is 2.20. The number of hydrogen-bond acceptors (Lipinski definition) is 2. The number of phosphoric ester groups is 1. The number of hydrogen-bond donors (Lipinski definition) is 2. The Morgan fingerprint density at radius 1 is 1.33 bits per heavy atom. The van der Waals surface area contributed by atoms with E-state index in [1.807, 2.05) is 0 Å². The molecule has 0 aliphatic rings. The van der Waals surface area contributed by atoms with Gasteiger partial charge in [-0.3, -0.25) is 4.52 Å². The SMILES string of the molecule is C#CCC(CC#C)OP(=O)(O)O. The van der Waals surface area contributed by atoms with Crippen LogP contribution in [0.4, 0.5) is 0 Å². The Morgan fingerprint density at radius 2 is 1.75 bits per heavy atom. The minimum Gasteiger partial charge on any atom is -0.303 e. The molecule has 0 aliphatic heterocycles. The molecule has 0 aliphatic carbocycles. The average Bonchev–Trinajstić information content (AvgIpc) is 1.84. The van der Waals surface area contributed by atoms with E-state index in [1.165, 1.54) is 0 Å². The second-order valence-electron chi connectivity index (χ2n) is 2.03. The van der Waals surface area contributed by atoms with E-state index < -0.39 is 13.9 Å². The first kappa shape index (κ1) is 11.2. The molecule has 12 heavy (non-hydrogen) atoms. The smallest absolute Gasteiger partial charge is 0.303 e. The van der Waals surface area contributed by atoms with E-state index >= 15 is 0 Å². The van der Waals surface area contributed by atoms with Crippen LogP contribution in [-0.2, 0) is 9.09 Å². The van der Waals surface area contributed by atoms with Gasteiger partial charge in [-0.15, -0.1) is 24.7 Å². The van der Waals surface area contributed by atoms with E-state index in [2.05, 4.69) is 16.4 Å². The monoisotopic (exact) mass is 188 g/mol. The van der Waals surface area contributed by atoms with Gasteiger partial charge in [0.15, 0.2) is 0 Å². The Morgan fingerprint density at radius 3 is 2.00 bits per heavy atom. The van der Waals surface area contributed by atoms with Crippen LogP contribution >= 0.6 is 7.82 Å². The van der Waals surface area contributed by atoms with Crippen molar-refractivity contribution < 1.29 is 18.9 Å². The Labute approximate surface area is 71.2 Å². The highest BCUT2D eigenvalue weighted by atomic mass is 31.2. The minimum absolute atomic E-state index is 0.0926. The lowest BCUT2D eigenvalue weighted by molar-refractivity contribution is 0.139. The van der Waals surface area contributed by atoms with E-state index in [4.69, 9.17) is 22.6 Å². The summed E-state index contributed by atoms with van der Waals surface area (Å²) in [6.07, 6.45) is 9.28. The van der Waals surface area contributed by atoms with Gasteiger partial charge in [-0.2, -0.15) is 0 Å². The quantitative estimate of drug-likeness (QED) is 0.498. The molecule has 0 aromatic carbocycles. The fourth-order valence-electron chi connectivity index (χ4n) is 0.604. The van der Waals surface area contributed by atoms with Gasteiger partial charge in [-0.1, -0.05) is 0 Å². The van der Waals surface area contributed by atoms with Crippen molar-refractivity contribution in [3.8, 4) is 24.7 Å².